The van der Waals surface area contributed by atoms with E-state index in [9.17, 15) is 14.4 Å². The van der Waals surface area contributed by atoms with Crippen molar-refractivity contribution in [2.75, 3.05) is 0 Å². The second kappa shape index (κ2) is 8.47. The molecule has 130 valence electrons. The van der Waals surface area contributed by atoms with Gasteiger partial charge in [-0.1, -0.05) is 31.9 Å². The minimum Gasteiger partial charge on any atom is -0.480 e. The molecule has 6 heteroatoms. The molecule has 1 aliphatic carbocycles. The van der Waals surface area contributed by atoms with E-state index in [0.29, 0.717) is 18.5 Å². The molecule has 2 amide bonds. The molecular formula is C18H24N2O4. The topological polar surface area (TPSA) is 95.5 Å². The number of hydrogen-bond donors (Lipinski definition) is 3. The van der Waals surface area contributed by atoms with Gasteiger partial charge in [0.25, 0.3) is 5.91 Å². The van der Waals surface area contributed by atoms with Crippen molar-refractivity contribution < 1.29 is 19.5 Å². The van der Waals surface area contributed by atoms with Crippen LogP contribution in [0.2, 0.25) is 0 Å². The fraction of sp³-hybridized carbons (Fsp3) is 0.500. The zero-order chi connectivity index (χ0) is 17.5. The molecule has 1 aromatic carbocycles. The highest BCUT2D eigenvalue weighted by Gasteiger charge is 2.22. The molecule has 1 aromatic rings. The number of rotatable bonds is 7. The van der Waals surface area contributed by atoms with Gasteiger partial charge in [0.2, 0.25) is 5.91 Å². The molecule has 0 aromatic heterocycles. The summed E-state index contributed by atoms with van der Waals surface area (Å²) in [5, 5.41) is 14.4. The van der Waals surface area contributed by atoms with E-state index in [0.717, 1.165) is 31.2 Å². The summed E-state index contributed by atoms with van der Waals surface area (Å²) < 4.78 is 0. The van der Waals surface area contributed by atoms with Gasteiger partial charge in [0.05, 0.1) is 0 Å². The quantitative estimate of drug-likeness (QED) is 0.712. The zero-order valence-corrected chi connectivity index (χ0v) is 13.9. The maximum absolute atomic E-state index is 12.0. The van der Waals surface area contributed by atoms with Gasteiger partial charge in [-0.05, 0) is 37.0 Å². The number of hydrogen-bond acceptors (Lipinski definition) is 3. The Balaban J connectivity index is 1.86. The molecule has 0 spiro atoms. The first-order valence-electron chi connectivity index (χ1n) is 8.41. The monoisotopic (exact) mass is 332 g/mol. The first-order chi connectivity index (χ1) is 11.5. The van der Waals surface area contributed by atoms with Crippen molar-refractivity contribution in [3.63, 3.8) is 0 Å². The number of carboxylic acid groups (broad SMARTS) is 1. The number of nitrogens with one attached hydrogen (secondary N) is 2. The van der Waals surface area contributed by atoms with Crippen LogP contribution in [0.15, 0.2) is 24.3 Å². The molecule has 0 bridgehead atoms. The Morgan fingerprint density at radius 1 is 1.17 bits per heavy atom. The average molecular weight is 332 g/mol. The van der Waals surface area contributed by atoms with Gasteiger partial charge in [-0.3, -0.25) is 9.59 Å². The van der Waals surface area contributed by atoms with Crippen molar-refractivity contribution in [2.45, 2.75) is 51.6 Å². The molecule has 0 heterocycles. The van der Waals surface area contributed by atoms with Crippen LogP contribution in [-0.4, -0.2) is 28.9 Å². The summed E-state index contributed by atoms with van der Waals surface area (Å²) in [7, 11) is 0. The van der Waals surface area contributed by atoms with E-state index < -0.39 is 17.9 Å². The largest absolute Gasteiger partial charge is 0.480 e. The van der Waals surface area contributed by atoms with E-state index in [1.165, 1.54) is 0 Å². The highest BCUT2D eigenvalue weighted by Crippen LogP contribution is 2.24. The van der Waals surface area contributed by atoms with Gasteiger partial charge in [0.15, 0.2) is 0 Å². The summed E-state index contributed by atoms with van der Waals surface area (Å²) in [5.41, 5.74) is 1.31. The predicted molar refractivity (Wildman–Crippen MR) is 89.4 cm³/mol. The van der Waals surface area contributed by atoms with Crippen molar-refractivity contribution in [3.05, 3.63) is 35.4 Å². The summed E-state index contributed by atoms with van der Waals surface area (Å²) in [5.74, 6) is -1.22. The van der Waals surface area contributed by atoms with Crippen molar-refractivity contribution in [2.24, 2.45) is 5.92 Å². The molecule has 3 N–H and O–H groups in total. The number of carbonyl (C=O) groups is 3. The molecular weight excluding hydrogens is 308 g/mol. The lowest BCUT2D eigenvalue weighted by Gasteiger charge is -2.13. The Morgan fingerprint density at radius 3 is 2.33 bits per heavy atom. The molecule has 1 fully saturated rings. The average Bonchev–Trinajstić information content (AvgIpc) is 3.12. The number of carbonyl (C=O) groups excluding carboxylic acids is 2. The number of aliphatic carboxylic acids is 1. The third-order valence-corrected chi connectivity index (χ3v) is 4.42. The molecule has 1 aliphatic rings. The highest BCUT2D eigenvalue weighted by atomic mass is 16.4. The third-order valence-electron chi connectivity index (χ3n) is 4.42. The van der Waals surface area contributed by atoms with Crippen LogP contribution in [-0.2, 0) is 16.1 Å². The lowest BCUT2D eigenvalue weighted by atomic mass is 10.1. The Kier molecular flexibility index (Phi) is 6.35. The van der Waals surface area contributed by atoms with Gasteiger partial charge < -0.3 is 15.7 Å². The molecule has 0 saturated heterocycles. The minimum absolute atomic E-state index is 0.0987. The molecule has 0 aliphatic heterocycles. The number of carboxylic acids is 1. The van der Waals surface area contributed by atoms with Crippen molar-refractivity contribution in [3.8, 4) is 0 Å². The second-order valence-electron chi connectivity index (χ2n) is 6.17. The molecule has 0 radical (unpaired) electrons. The van der Waals surface area contributed by atoms with Crippen LogP contribution in [0.3, 0.4) is 0 Å². The van der Waals surface area contributed by atoms with Gasteiger partial charge >= 0.3 is 5.97 Å². The van der Waals surface area contributed by atoms with E-state index in [4.69, 9.17) is 5.11 Å². The summed E-state index contributed by atoms with van der Waals surface area (Å²) in [6, 6.07) is 5.93. The Bertz CT molecular complexity index is 592. The maximum atomic E-state index is 12.0. The van der Waals surface area contributed by atoms with Gasteiger partial charge in [-0.25, -0.2) is 4.79 Å². The lowest BCUT2D eigenvalue weighted by molar-refractivity contribution is -0.139. The van der Waals surface area contributed by atoms with Crippen LogP contribution in [0.5, 0.6) is 0 Å². The van der Waals surface area contributed by atoms with Crippen molar-refractivity contribution in [1.29, 1.82) is 0 Å². The van der Waals surface area contributed by atoms with Crippen LogP contribution in [0.1, 0.15) is 54.9 Å². The fourth-order valence-electron chi connectivity index (χ4n) is 2.88. The van der Waals surface area contributed by atoms with Gasteiger partial charge in [0.1, 0.15) is 6.04 Å². The van der Waals surface area contributed by atoms with Crippen LogP contribution in [0.25, 0.3) is 0 Å². The number of benzene rings is 1. The van der Waals surface area contributed by atoms with Crippen LogP contribution in [0, 0.1) is 5.92 Å². The molecule has 1 saturated carbocycles. The van der Waals surface area contributed by atoms with Crippen LogP contribution < -0.4 is 10.6 Å². The van der Waals surface area contributed by atoms with Crippen molar-refractivity contribution in [1.82, 2.24) is 10.6 Å². The first kappa shape index (κ1) is 18.0. The SMILES string of the molecule is CCC(NC(=O)c1ccc(CNC(=O)C2CCCC2)cc1)C(=O)O. The van der Waals surface area contributed by atoms with E-state index in [-0.39, 0.29) is 11.8 Å². The van der Waals surface area contributed by atoms with Crippen molar-refractivity contribution >= 4 is 17.8 Å². The van der Waals surface area contributed by atoms with Crippen LogP contribution in [0.4, 0.5) is 0 Å². The smallest absolute Gasteiger partial charge is 0.326 e. The van der Waals surface area contributed by atoms with E-state index >= 15 is 0 Å². The maximum Gasteiger partial charge on any atom is 0.326 e. The highest BCUT2D eigenvalue weighted by molar-refractivity contribution is 5.96. The standard InChI is InChI=1S/C18H24N2O4/c1-2-15(18(23)24)20-17(22)14-9-7-12(8-10-14)11-19-16(21)13-5-3-4-6-13/h7-10,13,15H,2-6,11H2,1H3,(H,19,21)(H,20,22)(H,23,24). The number of amides is 2. The predicted octanol–water partition coefficient (Wildman–Crippen LogP) is 2.09. The minimum atomic E-state index is -1.04. The summed E-state index contributed by atoms with van der Waals surface area (Å²) >= 11 is 0. The fourth-order valence-corrected chi connectivity index (χ4v) is 2.88. The van der Waals surface area contributed by atoms with E-state index in [1.54, 1.807) is 31.2 Å². The van der Waals surface area contributed by atoms with Gasteiger partial charge in [0, 0.05) is 18.0 Å². The Labute approximate surface area is 141 Å². The van der Waals surface area contributed by atoms with Gasteiger partial charge in [-0.2, -0.15) is 0 Å². The van der Waals surface area contributed by atoms with Gasteiger partial charge in [-0.15, -0.1) is 0 Å². The second-order valence-corrected chi connectivity index (χ2v) is 6.17. The normalized spacial score (nSPS) is 15.7. The first-order valence-corrected chi connectivity index (χ1v) is 8.41. The summed E-state index contributed by atoms with van der Waals surface area (Å²) in [6.45, 7) is 2.14. The summed E-state index contributed by atoms with van der Waals surface area (Å²) in [4.78, 5) is 35.0. The molecule has 6 nitrogen and oxygen atoms in total. The third kappa shape index (κ3) is 4.81. The summed E-state index contributed by atoms with van der Waals surface area (Å²) in [6.07, 6.45) is 4.50. The van der Waals surface area contributed by atoms with Crippen LogP contribution >= 0.6 is 0 Å². The Morgan fingerprint density at radius 2 is 1.79 bits per heavy atom. The van der Waals surface area contributed by atoms with E-state index in [1.807, 2.05) is 0 Å². The van der Waals surface area contributed by atoms with E-state index in [2.05, 4.69) is 10.6 Å². The Hall–Kier alpha value is -2.37. The molecule has 24 heavy (non-hydrogen) atoms. The molecule has 1 unspecified atom stereocenters. The molecule has 2 rings (SSSR count). The molecule has 1 atom stereocenters. The lowest BCUT2D eigenvalue weighted by Crippen LogP contribution is -2.40. The zero-order valence-electron chi connectivity index (χ0n) is 13.9.